The fourth-order valence-electron chi connectivity index (χ4n) is 3.63. The molecule has 0 fully saturated rings. The molecule has 6 heteroatoms. The van der Waals surface area contributed by atoms with Crippen LogP contribution in [0.25, 0.3) is 10.2 Å². The molecule has 3 aromatic rings. The van der Waals surface area contributed by atoms with Crippen molar-refractivity contribution in [1.82, 2.24) is 9.88 Å². The molecular weight excluding hydrogens is 434 g/mol. The predicted molar refractivity (Wildman–Crippen MR) is 140 cm³/mol. The number of likely N-dealkylation sites (N-methyl/N-ethyl adjacent to an activating group) is 1. The Hall–Kier alpha value is -1.89. The number of thioether (sulfide) groups is 1. The van der Waals surface area contributed by atoms with Crippen LogP contribution in [0.15, 0.2) is 47.4 Å². The topological polar surface area (TPSA) is 36.4 Å². The summed E-state index contributed by atoms with van der Waals surface area (Å²) in [5, 5.41) is 1.35. The number of hydrogen-bond donors (Lipinski definition) is 0. The van der Waals surface area contributed by atoms with Gasteiger partial charge in [-0.2, -0.15) is 0 Å². The van der Waals surface area contributed by atoms with Gasteiger partial charge < -0.3 is 4.90 Å². The van der Waals surface area contributed by atoms with E-state index >= 15 is 0 Å². The second-order valence-electron chi connectivity index (χ2n) is 8.21. The fraction of sp³-hybridized carbons (Fsp3) is 0.462. The zero-order chi connectivity index (χ0) is 23.1. The van der Waals surface area contributed by atoms with E-state index in [0.29, 0.717) is 18.2 Å². The third kappa shape index (κ3) is 6.56. The lowest BCUT2D eigenvalue weighted by Gasteiger charge is -2.24. The van der Waals surface area contributed by atoms with Gasteiger partial charge >= 0.3 is 0 Å². The SMILES string of the molecule is CCc1ccc2nc(N(CCN(CC)CC)C(=O)Cc3ccc(SC(C)C)cc3)sc2c1. The van der Waals surface area contributed by atoms with Crippen LogP contribution in [0.2, 0.25) is 0 Å². The number of nitrogens with zero attached hydrogens (tertiary/aromatic N) is 3. The van der Waals surface area contributed by atoms with E-state index < -0.39 is 0 Å². The third-order valence-corrected chi connectivity index (χ3v) is 7.62. The summed E-state index contributed by atoms with van der Waals surface area (Å²) in [7, 11) is 0. The minimum absolute atomic E-state index is 0.108. The van der Waals surface area contributed by atoms with Gasteiger partial charge in [0.15, 0.2) is 5.13 Å². The summed E-state index contributed by atoms with van der Waals surface area (Å²) in [5.41, 5.74) is 3.32. The summed E-state index contributed by atoms with van der Waals surface area (Å²) in [6.07, 6.45) is 1.39. The zero-order valence-electron chi connectivity index (χ0n) is 19.9. The Morgan fingerprint density at radius 3 is 2.31 bits per heavy atom. The summed E-state index contributed by atoms with van der Waals surface area (Å²) in [5.74, 6) is 0.108. The molecule has 2 aromatic carbocycles. The van der Waals surface area contributed by atoms with Crippen LogP contribution in [-0.4, -0.2) is 47.2 Å². The fourth-order valence-corrected chi connectivity index (χ4v) is 5.54. The average molecular weight is 470 g/mol. The van der Waals surface area contributed by atoms with Crippen molar-refractivity contribution in [2.45, 2.75) is 57.6 Å². The molecule has 1 aromatic heterocycles. The third-order valence-electron chi connectivity index (χ3n) is 5.57. The Morgan fingerprint density at radius 2 is 1.69 bits per heavy atom. The largest absolute Gasteiger partial charge is 0.302 e. The molecule has 0 bridgehead atoms. The molecule has 0 aliphatic rings. The smallest absolute Gasteiger partial charge is 0.233 e. The molecule has 0 atom stereocenters. The van der Waals surface area contributed by atoms with Crippen molar-refractivity contribution in [3.05, 3.63) is 53.6 Å². The van der Waals surface area contributed by atoms with Crippen molar-refractivity contribution in [1.29, 1.82) is 0 Å². The standard InChI is InChI=1S/C26H35N3OS2/c1-6-20-11-14-23-24(17-20)32-26(27-23)29(16-15-28(7-2)8-3)25(30)18-21-9-12-22(13-10-21)31-19(4)5/h9-14,17,19H,6-8,15-16,18H2,1-5H3. The number of carbonyl (C=O) groups excluding carboxylic acids is 1. The molecule has 0 unspecified atom stereocenters. The molecule has 32 heavy (non-hydrogen) atoms. The van der Waals surface area contributed by atoms with E-state index in [1.807, 2.05) is 16.7 Å². The Labute approximate surface area is 201 Å². The molecule has 4 nitrogen and oxygen atoms in total. The second kappa shape index (κ2) is 11.8. The minimum Gasteiger partial charge on any atom is -0.302 e. The number of aromatic nitrogens is 1. The molecule has 0 saturated heterocycles. The Balaban J connectivity index is 1.82. The highest BCUT2D eigenvalue weighted by Crippen LogP contribution is 2.30. The molecule has 0 aliphatic heterocycles. The molecule has 1 amide bonds. The van der Waals surface area contributed by atoms with Crippen LogP contribution in [-0.2, 0) is 17.6 Å². The van der Waals surface area contributed by atoms with Crippen molar-refractivity contribution >= 4 is 44.4 Å². The summed E-state index contributed by atoms with van der Waals surface area (Å²) in [6, 6.07) is 14.8. The van der Waals surface area contributed by atoms with E-state index in [9.17, 15) is 4.79 Å². The van der Waals surface area contributed by atoms with Crippen molar-refractivity contribution in [2.24, 2.45) is 0 Å². The van der Waals surface area contributed by atoms with E-state index in [1.165, 1.54) is 10.5 Å². The van der Waals surface area contributed by atoms with E-state index in [0.717, 1.165) is 47.0 Å². The summed E-state index contributed by atoms with van der Waals surface area (Å²) in [6.45, 7) is 14.3. The molecule has 1 heterocycles. The van der Waals surface area contributed by atoms with Gasteiger partial charge in [0.1, 0.15) is 0 Å². The normalized spacial score (nSPS) is 11.6. The van der Waals surface area contributed by atoms with Gasteiger partial charge in [0.2, 0.25) is 5.91 Å². The minimum atomic E-state index is 0.108. The Morgan fingerprint density at radius 1 is 1.00 bits per heavy atom. The van der Waals surface area contributed by atoms with Gasteiger partial charge in [0.25, 0.3) is 0 Å². The quantitative estimate of drug-likeness (QED) is 0.310. The Kier molecular flexibility index (Phi) is 9.14. The van der Waals surface area contributed by atoms with E-state index in [2.05, 4.69) is 82.0 Å². The number of anilines is 1. The monoisotopic (exact) mass is 469 g/mol. The van der Waals surface area contributed by atoms with Crippen molar-refractivity contribution in [2.75, 3.05) is 31.1 Å². The van der Waals surface area contributed by atoms with E-state index in [4.69, 9.17) is 4.98 Å². The molecule has 3 rings (SSSR count). The lowest BCUT2D eigenvalue weighted by molar-refractivity contribution is -0.118. The highest BCUT2D eigenvalue weighted by atomic mass is 32.2. The van der Waals surface area contributed by atoms with Crippen LogP contribution >= 0.6 is 23.1 Å². The summed E-state index contributed by atoms with van der Waals surface area (Å²) < 4.78 is 1.15. The number of aryl methyl sites for hydroxylation is 1. The lowest BCUT2D eigenvalue weighted by atomic mass is 10.1. The van der Waals surface area contributed by atoms with Crippen LogP contribution in [0.5, 0.6) is 0 Å². The number of benzene rings is 2. The van der Waals surface area contributed by atoms with Gasteiger partial charge in [-0.1, -0.05) is 64.2 Å². The number of amides is 1. The first-order chi connectivity index (χ1) is 15.4. The summed E-state index contributed by atoms with van der Waals surface area (Å²) >= 11 is 3.46. The number of thiazole rings is 1. The molecule has 0 saturated carbocycles. The van der Waals surface area contributed by atoms with Crippen LogP contribution in [0.4, 0.5) is 5.13 Å². The highest BCUT2D eigenvalue weighted by molar-refractivity contribution is 7.99. The maximum absolute atomic E-state index is 13.4. The zero-order valence-corrected chi connectivity index (χ0v) is 21.6. The van der Waals surface area contributed by atoms with E-state index in [1.54, 1.807) is 11.3 Å². The molecular formula is C26H35N3OS2. The summed E-state index contributed by atoms with van der Waals surface area (Å²) in [4.78, 5) is 23.7. The van der Waals surface area contributed by atoms with Gasteiger partial charge in [-0.05, 0) is 54.9 Å². The second-order valence-corrected chi connectivity index (χ2v) is 10.9. The van der Waals surface area contributed by atoms with Crippen LogP contribution in [0.3, 0.4) is 0 Å². The first-order valence-electron chi connectivity index (χ1n) is 11.6. The van der Waals surface area contributed by atoms with Crippen LogP contribution in [0, 0.1) is 0 Å². The number of rotatable bonds is 11. The molecule has 0 spiro atoms. The van der Waals surface area contributed by atoms with Crippen molar-refractivity contribution in [3.8, 4) is 0 Å². The van der Waals surface area contributed by atoms with Crippen LogP contribution in [0.1, 0.15) is 45.7 Å². The van der Waals surface area contributed by atoms with Gasteiger partial charge in [-0.15, -0.1) is 11.8 Å². The van der Waals surface area contributed by atoms with Gasteiger partial charge in [-0.25, -0.2) is 4.98 Å². The van der Waals surface area contributed by atoms with E-state index in [-0.39, 0.29) is 5.91 Å². The van der Waals surface area contributed by atoms with Crippen molar-refractivity contribution < 1.29 is 4.79 Å². The number of hydrogen-bond acceptors (Lipinski definition) is 5. The van der Waals surface area contributed by atoms with Gasteiger partial charge in [-0.3, -0.25) is 9.69 Å². The predicted octanol–water partition coefficient (Wildman–Crippen LogP) is 6.28. The highest BCUT2D eigenvalue weighted by Gasteiger charge is 2.21. The first kappa shape index (κ1) is 24.7. The van der Waals surface area contributed by atoms with Crippen LogP contribution < -0.4 is 4.90 Å². The van der Waals surface area contributed by atoms with Gasteiger partial charge in [0.05, 0.1) is 16.6 Å². The van der Waals surface area contributed by atoms with Gasteiger partial charge in [0, 0.05) is 23.2 Å². The van der Waals surface area contributed by atoms with Crippen molar-refractivity contribution in [3.63, 3.8) is 0 Å². The molecule has 0 aliphatic carbocycles. The average Bonchev–Trinajstić information content (AvgIpc) is 3.20. The lowest BCUT2D eigenvalue weighted by Crippen LogP contribution is -2.39. The first-order valence-corrected chi connectivity index (χ1v) is 13.3. The number of fused-ring (bicyclic) bond motifs is 1. The maximum atomic E-state index is 13.4. The Bertz CT molecular complexity index is 1010. The molecule has 0 N–H and O–H groups in total. The molecule has 172 valence electrons. The number of carbonyl (C=O) groups is 1. The molecule has 0 radical (unpaired) electrons. The maximum Gasteiger partial charge on any atom is 0.233 e.